The fourth-order valence-electron chi connectivity index (χ4n) is 0.873. The maximum absolute atomic E-state index is 11.0. The highest BCUT2D eigenvalue weighted by Gasteiger charge is 2.06. The van der Waals surface area contributed by atoms with Gasteiger partial charge in [0.1, 0.15) is 1.93 Å². The molecule has 0 saturated heterocycles. The first-order valence-corrected chi connectivity index (χ1v) is 7.02. The highest BCUT2D eigenvalue weighted by atomic mass is 127. The number of alkyl halides is 2. The SMILES string of the molecule is CCCCCCC=NC(=O)C(I)I. The molecule has 4 heteroatoms. The lowest BCUT2D eigenvalue weighted by Gasteiger charge is -1.94. The fourth-order valence-corrected chi connectivity index (χ4v) is 1.19. The van der Waals surface area contributed by atoms with Gasteiger partial charge in [-0.25, -0.2) is 4.99 Å². The number of aliphatic imine (C=N–C) groups is 1. The summed E-state index contributed by atoms with van der Waals surface area (Å²) >= 11 is 4.13. The van der Waals surface area contributed by atoms with E-state index in [9.17, 15) is 4.79 Å². The molecule has 0 unspecified atom stereocenters. The van der Waals surface area contributed by atoms with Gasteiger partial charge in [-0.05, 0) is 12.8 Å². The molecule has 1 amide bonds. The quantitative estimate of drug-likeness (QED) is 0.286. The van der Waals surface area contributed by atoms with Crippen LogP contribution in [0.2, 0.25) is 0 Å². The highest BCUT2D eigenvalue weighted by molar-refractivity contribution is 14.2. The van der Waals surface area contributed by atoms with Gasteiger partial charge in [-0.2, -0.15) is 0 Å². The summed E-state index contributed by atoms with van der Waals surface area (Å²) in [5.74, 6) is -0.0308. The fraction of sp³-hybridized carbons (Fsp3) is 0.778. The summed E-state index contributed by atoms with van der Waals surface area (Å²) in [6.07, 6.45) is 7.61. The van der Waals surface area contributed by atoms with Crippen molar-refractivity contribution in [1.82, 2.24) is 0 Å². The lowest BCUT2D eigenvalue weighted by Crippen LogP contribution is -2.01. The van der Waals surface area contributed by atoms with Crippen LogP contribution >= 0.6 is 45.2 Å². The lowest BCUT2D eigenvalue weighted by molar-refractivity contribution is -0.115. The van der Waals surface area contributed by atoms with E-state index >= 15 is 0 Å². The van der Waals surface area contributed by atoms with Crippen molar-refractivity contribution < 1.29 is 4.79 Å². The molecule has 0 aromatic carbocycles. The summed E-state index contributed by atoms with van der Waals surface area (Å²) in [6.45, 7) is 2.19. The van der Waals surface area contributed by atoms with Crippen molar-refractivity contribution >= 4 is 57.3 Å². The number of rotatable bonds is 6. The van der Waals surface area contributed by atoms with E-state index in [1.54, 1.807) is 6.21 Å². The third kappa shape index (κ3) is 9.11. The summed E-state index contributed by atoms with van der Waals surface area (Å²) < 4.78 is -0.0258. The topological polar surface area (TPSA) is 29.4 Å². The normalized spacial score (nSPS) is 11.4. The van der Waals surface area contributed by atoms with Crippen LogP contribution in [-0.2, 0) is 4.79 Å². The molecule has 76 valence electrons. The number of unbranched alkanes of at least 4 members (excludes halogenated alkanes) is 4. The molecule has 0 atom stereocenters. The molecule has 0 bridgehead atoms. The van der Waals surface area contributed by atoms with Crippen molar-refractivity contribution in [3.63, 3.8) is 0 Å². The third-order valence-corrected chi connectivity index (χ3v) is 2.66. The number of carbonyl (C=O) groups is 1. The molecular weight excluding hydrogens is 392 g/mol. The van der Waals surface area contributed by atoms with Crippen LogP contribution in [0.15, 0.2) is 4.99 Å². The Bertz CT molecular complexity index is 169. The van der Waals surface area contributed by atoms with Gasteiger partial charge in [0, 0.05) is 6.21 Å². The molecule has 0 aromatic heterocycles. The molecule has 0 aliphatic rings. The van der Waals surface area contributed by atoms with Crippen LogP contribution in [-0.4, -0.2) is 14.1 Å². The lowest BCUT2D eigenvalue weighted by atomic mass is 10.2. The molecule has 0 aromatic rings. The molecule has 0 rings (SSSR count). The Morgan fingerprint density at radius 3 is 2.62 bits per heavy atom. The zero-order valence-corrected chi connectivity index (χ0v) is 12.1. The number of hydrogen-bond donors (Lipinski definition) is 0. The van der Waals surface area contributed by atoms with Gasteiger partial charge >= 0.3 is 0 Å². The molecule has 0 radical (unpaired) electrons. The van der Waals surface area contributed by atoms with Gasteiger partial charge in [0.15, 0.2) is 0 Å². The standard InChI is InChI=1S/C9H15I2NO/c1-2-3-4-5-6-7-12-9(13)8(10)11/h7-8H,2-6H2,1H3. The summed E-state index contributed by atoms with van der Waals surface area (Å²) in [4.78, 5) is 14.9. The molecule has 2 nitrogen and oxygen atoms in total. The van der Waals surface area contributed by atoms with Crippen LogP contribution in [0, 0.1) is 0 Å². The second kappa shape index (κ2) is 9.36. The van der Waals surface area contributed by atoms with Crippen molar-refractivity contribution in [3.05, 3.63) is 0 Å². The van der Waals surface area contributed by atoms with Crippen LogP contribution in [0.4, 0.5) is 0 Å². The molecule has 0 heterocycles. The van der Waals surface area contributed by atoms with Crippen molar-refractivity contribution in [1.29, 1.82) is 0 Å². The number of carbonyl (C=O) groups excluding carboxylic acids is 1. The van der Waals surface area contributed by atoms with Gasteiger partial charge in [0.05, 0.1) is 0 Å². The molecular formula is C9H15I2NO. The van der Waals surface area contributed by atoms with Gasteiger partial charge < -0.3 is 0 Å². The van der Waals surface area contributed by atoms with E-state index in [-0.39, 0.29) is 7.84 Å². The summed E-state index contributed by atoms with van der Waals surface area (Å²) in [5, 5.41) is 0. The summed E-state index contributed by atoms with van der Waals surface area (Å²) in [5.41, 5.74) is 0. The molecule has 0 spiro atoms. The first-order valence-electron chi connectivity index (χ1n) is 4.53. The zero-order chi connectivity index (χ0) is 10.1. The Morgan fingerprint density at radius 1 is 1.38 bits per heavy atom. The van der Waals surface area contributed by atoms with Crippen LogP contribution in [0.3, 0.4) is 0 Å². The van der Waals surface area contributed by atoms with E-state index < -0.39 is 0 Å². The van der Waals surface area contributed by atoms with Gasteiger partial charge in [-0.3, -0.25) is 4.79 Å². The van der Waals surface area contributed by atoms with Gasteiger partial charge in [-0.15, -0.1) is 0 Å². The summed E-state index contributed by atoms with van der Waals surface area (Å²) in [6, 6.07) is 0. The van der Waals surface area contributed by atoms with E-state index in [0.717, 1.165) is 12.8 Å². The smallest absolute Gasteiger partial charge is 0.268 e. The first-order chi connectivity index (χ1) is 6.18. The van der Waals surface area contributed by atoms with Crippen LogP contribution in [0.25, 0.3) is 0 Å². The highest BCUT2D eigenvalue weighted by Crippen LogP contribution is 2.11. The van der Waals surface area contributed by atoms with E-state index in [0.29, 0.717) is 0 Å². The maximum atomic E-state index is 11.0. The number of nitrogens with zero attached hydrogens (tertiary/aromatic N) is 1. The van der Waals surface area contributed by atoms with Crippen LogP contribution < -0.4 is 0 Å². The molecule has 0 saturated carbocycles. The Kier molecular flexibility index (Phi) is 9.93. The number of amides is 1. The second-order valence-corrected chi connectivity index (χ2v) is 7.67. The first kappa shape index (κ1) is 13.8. The van der Waals surface area contributed by atoms with Crippen molar-refractivity contribution in [2.45, 2.75) is 41.0 Å². The average Bonchev–Trinajstić information content (AvgIpc) is 2.10. The Balaban J connectivity index is 3.36. The minimum absolute atomic E-state index is 0.0258. The monoisotopic (exact) mass is 407 g/mol. The predicted molar refractivity (Wildman–Crippen MR) is 74.1 cm³/mol. The van der Waals surface area contributed by atoms with Gasteiger partial charge in [0.2, 0.25) is 0 Å². The largest absolute Gasteiger partial charge is 0.270 e. The summed E-state index contributed by atoms with van der Waals surface area (Å²) in [7, 11) is 0. The average molecular weight is 407 g/mol. The van der Waals surface area contributed by atoms with Crippen LogP contribution in [0.1, 0.15) is 39.0 Å². The van der Waals surface area contributed by atoms with Crippen molar-refractivity contribution in [3.8, 4) is 0 Å². The van der Waals surface area contributed by atoms with Crippen molar-refractivity contribution in [2.24, 2.45) is 4.99 Å². The maximum Gasteiger partial charge on any atom is 0.268 e. The zero-order valence-electron chi connectivity index (χ0n) is 7.80. The second-order valence-electron chi connectivity index (χ2n) is 2.80. The van der Waals surface area contributed by atoms with E-state index in [1.165, 1.54) is 19.3 Å². The Labute approximate surface area is 107 Å². The van der Waals surface area contributed by atoms with Gasteiger partial charge in [0.25, 0.3) is 5.91 Å². The van der Waals surface area contributed by atoms with E-state index in [2.05, 4.69) is 57.1 Å². The number of hydrogen-bond acceptors (Lipinski definition) is 1. The molecule has 0 aliphatic heterocycles. The van der Waals surface area contributed by atoms with Crippen LogP contribution in [0.5, 0.6) is 0 Å². The Hall–Kier alpha value is 0.800. The minimum atomic E-state index is -0.0308. The predicted octanol–water partition coefficient (Wildman–Crippen LogP) is 3.75. The Morgan fingerprint density at radius 2 is 2.08 bits per heavy atom. The molecule has 13 heavy (non-hydrogen) atoms. The number of halogens is 2. The van der Waals surface area contributed by atoms with E-state index in [4.69, 9.17) is 0 Å². The minimum Gasteiger partial charge on any atom is -0.270 e. The van der Waals surface area contributed by atoms with Gasteiger partial charge in [-0.1, -0.05) is 71.4 Å². The molecule has 0 aliphatic carbocycles. The molecule has 0 N–H and O–H groups in total. The molecule has 0 fully saturated rings. The van der Waals surface area contributed by atoms with E-state index in [1.807, 2.05) is 0 Å². The third-order valence-electron chi connectivity index (χ3n) is 1.59. The van der Waals surface area contributed by atoms with Crippen molar-refractivity contribution in [2.75, 3.05) is 0 Å².